The van der Waals surface area contributed by atoms with Crippen LogP contribution in [0.3, 0.4) is 0 Å². The van der Waals surface area contributed by atoms with Crippen molar-refractivity contribution >= 4 is 48.9 Å². The number of hydrogen-bond acceptors (Lipinski definition) is 5. The quantitative estimate of drug-likeness (QED) is 0.433. The Morgan fingerprint density at radius 3 is 2.52 bits per heavy atom. The van der Waals surface area contributed by atoms with E-state index >= 15 is 0 Å². The number of fused-ring (bicyclic) bond motifs is 1. The molecule has 1 aromatic heterocycles. The average molecular weight is 449 g/mol. The second-order valence-corrected chi connectivity index (χ2v) is 9.23. The molecule has 1 N–H and O–H groups in total. The number of hydrogen-bond donors (Lipinski definition) is 1. The summed E-state index contributed by atoms with van der Waals surface area (Å²) in [6.45, 7) is 0. The summed E-state index contributed by atoms with van der Waals surface area (Å²) in [7, 11) is -2.25. The molecule has 0 saturated heterocycles. The minimum atomic E-state index is -3.85. The summed E-state index contributed by atoms with van der Waals surface area (Å²) < 4.78 is 46.6. The highest BCUT2D eigenvalue weighted by atomic mass is 35.5. The molecule has 5 nitrogen and oxygen atoms in total. The first kappa shape index (κ1) is 19.6. The Bertz CT molecular complexity index is 1310. The predicted octanol–water partition coefficient (Wildman–Crippen LogP) is 5.57. The smallest absolute Gasteiger partial charge is 0.261 e. The fraction of sp³-hybridized carbons (Fsp3) is 0.0500. The second-order valence-electron chi connectivity index (χ2n) is 6.11. The largest absolute Gasteiger partial charge is 0.497 e. The van der Waals surface area contributed by atoms with Crippen molar-refractivity contribution in [2.75, 3.05) is 11.8 Å². The summed E-state index contributed by atoms with van der Waals surface area (Å²) in [5.41, 5.74) is 1.81. The SMILES string of the molecule is COc1ccc2nc(-c3ccc(NS(=O)(=O)c4ccc(F)cc4)cc3Cl)sc2c1. The van der Waals surface area contributed by atoms with Gasteiger partial charge in [-0.3, -0.25) is 4.72 Å². The van der Waals surface area contributed by atoms with Gasteiger partial charge in [-0.25, -0.2) is 17.8 Å². The number of rotatable bonds is 5. The Morgan fingerprint density at radius 2 is 1.83 bits per heavy atom. The number of methoxy groups -OCH3 is 1. The molecule has 0 unspecified atom stereocenters. The van der Waals surface area contributed by atoms with Crippen LogP contribution in [0.25, 0.3) is 20.8 Å². The fourth-order valence-corrected chi connectivity index (χ4v) is 5.14. The van der Waals surface area contributed by atoms with Crippen LogP contribution in [0.15, 0.2) is 65.6 Å². The third-order valence-corrected chi connectivity index (χ3v) is 6.93. The molecule has 0 aliphatic heterocycles. The van der Waals surface area contributed by atoms with E-state index in [1.165, 1.54) is 29.5 Å². The van der Waals surface area contributed by atoms with Gasteiger partial charge in [-0.2, -0.15) is 0 Å². The second kappa shape index (κ2) is 7.62. The number of halogens is 2. The van der Waals surface area contributed by atoms with Crippen molar-refractivity contribution < 1.29 is 17.5 Å². The standard InChI is InChI=1S/C20H14ClFN2O3S2/c1-27-14-5-9-18-19(11-14)28-20(23-18)16-8-4-13(10-17(16)21)24-29(25,26)15-6-2-12(22)3-7-15/h2-11,24H,1H3. The zero-order chi connectivity index (χ0) is 20.6. The first-order chi connectivity index (χ1) is 13.9. The molecule has 0 atom stereocenters. The van der Waals surface area contributed by atoms with Crippen LogP contribution in [-0.2, 0) is 10.0 Å². The molecule has 0 spiro atoms. The van der Waals surface area contributed by atoms with Crippen LogP contribution in [0.1, 0.15) is 0 Å². The van der Waals surface area contributed by atoms with Gasteiger partial charge in [-0.15, -0.1) is 11.3 Å². The normalized spacial score (nSPS) is 11.6. The van der Waals surface area contributed by atoms with Gasteiger partial charge >= 0.3 is 0 Å². The summed E-state index contributed by atoms with van der Waals surface area (Å²) in [4.78, 5) is 4.54. The zero-order valence-corrected chi connectivity index (χ0v) is 17.4. The van der Waals surface area contributed by atoms with E-state index in [9.17, 15) is 12.8 Å². The predicted molar refractivity (Wildman–Crippen MR) is 114 cm³/mol. The van der Waals surface area contributed by atoms with Crippen molar-refractivity contribution in [1.82, 2.24) is 4.98 Å². The molecule has 4 aromatic rings. The van der Waals surface area contributed by atoms with E-state index in [1.54, 1.807) is 19.2 Å². The number of nitrogens with zero attached hydrogens (tertiary/aromatic N) is 1. The van der Waals surface area contributed by atoms with Crippen molar-refractivity contribution in [1.29, 1.82) is 0 Å². The Labute approximate surface area is 175 Å². The third-order valence-electron chi connectivity index (χ3n) is 4.17. The number of nitrogens with one attached hydrogen (secondary N) is 1. The van der Waals surface area contributed by atoms with Crippen molar-refractivity contribution in [2.24, 2.45) is 0 Å². The van der Waals surface area contributed by atoms with Crippen LogP contribution >= 0.6 is 22.9 Å². The summed E-state index contributed by atoms with van der Waals surface area (Å²) in [5.74, 6) is 0.231. The highest BCUT2D eigenvalue weighted by Gasteiger charge is 2.16. The molecule has 148 valence electrons. The molecule has 9 heteroatoms. The topological polar surface area (TPSA) is 68.3 Å². The minimum absolute atomic E-state index is 0.0424. The summed E-state index contributed by atoms with van der Waals surface area (Å²) >= 11 is 7.86. The van der Waals surface area contributed by atoms with E-state index in [-0.39, 0.29) is 4.90 Å². The maximum absolute atomic E-state index is 13.0. The molecular formula is C20H14ClFN2O3S2. The molecule has 0 aliphatic rings. The van der Waals surface area contributed by atoms with E-state index in [0.717, 1.165) is 28.1 Å². The summed E-state index contributed by atoms with van der Waals surface area (Å²) in [5, 5.41) is 1.07. The molecule has 0 amide bonds. The molecule has 0 bridgehead atoms. The van der Waals surface area contributed by atoms with Gasteiger partial charge in [0.1, 0.15) is 16.6 Å². The van der Waals surface area contributed by atoms with Crippen molar-refractivity contribution in [2.45, 2.75) is 4.90 Å². The molecule has 0 radical (unpaired) electrons. The Morgan fingerprint density at radius 1 is 1.07 bits per heavy atom. The van der Waals surface area contributed by atoms with E-state index in [0.29, 0.717) is 21.3 Å². The van der Waals surface area contributed by atoms with E-state index in [1.807, 2.05) is 18.2 Å². The Kier molecular flexibility index (Phi) is 5.16. The molecule has 4 rings (SSSR count). The molecule has 0 saturated carbocycles. The molecular weight excluding hydrogens is 435 g/mol. The van der Waals surface area contributed by atoms with Gasteiger partial charge in [-0.1, -0.05) is 11.6 Å². The van der Waals surface area contributed by atoms with Gasteiger partial charge in [0.2, 0.25) is 0 Å². The van der Waals surface area contributed by atoms with Crippen LogP contribution in [0.4, 0.5) is 10.1 Å². The molecule has 3 aromatic carbocycles. The number of benzene rings is 3. The zero-order valence-electron chi connectivity index (χ0n) is 15.0. The highest BCUT2D eigenvalue weighted by molar-refractivity contribution is 7.92. The maximum Gasteiger partial charge on any atom is 0.261 e. The van der Waals surface area contributed by atoms with Crippen molar-refractivity contribution in [3.8, 4) is 16.3 Å². The van der Waals surface area contributed by atoms with E-state index < -0.39 is 15.8 Å². The first-order valence-electron chi connectivity index (χ1n) is 8.38. The highest BCUT2D eigenvalue weighted by Crippen LogP contribution is 2.37. The van der Waals surface area contributed by atoms with Crippen LogP contribution in [0, 0.1) is 5.82 Å². The molecule has 29 heavy (non-hydrogen) atoms. The minimum Gasteiger partial charge on any atom is -0.497 e. The summed E-state index contributed by atoms with van der Waals surface area (Å²) in [6, 6.07) is 15.0. The third kappa shape index (κ3) is 4.05. The number of aromatic nitrogens is 1. The first-order valence-corrected chi connectivity index (χ1v) is 11.1. The van der Waals surface area contributed by atoms with E-state index in [4.69, 9.17) is 16.3 Å². The maximum atomic E-state index is 13.0. The lowest BCUT2D eigenvalue weighted by molar-refractivity contribution is 0.415. The average Bonchev–Trinajstić information content (AvgIpc) is 3.10. The van der Waals surface area contributed by atoms with Crippen molar-refractivity contribution in [3.05, 3.63) is 71.5 Å². The van der Waals surface area contributed by atoms with Gasteiger partial charge in [0, 0.05) is 5.56 Å². The van der Waals surface area contributed by atoms with Crippen LogP contribution in [-0.4, -0.2) is 20.5 Å². The van der Waals surface area contributed by atoms with Gasteiger partial charge in [-0.05, 0) is 60.7 Å². The fourth-order valence-electron chi connectivity index (χ4n) is 2.73. The lowest BCUT2D eigenvalue weighted by Crippen LogP contribution is -2.12. The van der Waals surface area contributed by atoms with Gasteiger partial charge in [0.05, 0.1) is 32.9 Å². The Balaban J connectivity index is 1.63. The number of anilines is 1. The van der Waals surface area contributed by atoms with Crippen LogP contribution in [0.5, 0.6) is 5.75 Å². The monoisotopic (exact) mass is 448 g/mol. The van der Waals surface area contributed by atoms with Gasteiger partial charge in [0.25, 0.3) is 10.0 Å². The molecule has 1 heterocycles. The lowest BCUT2D eigenvalue weighted by atomic mass is 10.2. The van der Waals surface area contributed by atoms with Gasteiger partial charge < -0.3 is 4.74 Å². The van der Waals surface area contributed by atoms with Crippen LogP contribution in [0.2, 0.25) is 5.02 Å². The Hall–Kier alpha value is -2.68. The summed E-state index contributed by atoms with van der Waals surface area (Å²) in [6.07, 6.45) is 0. The lowest BCUT2D eigenvalue weighted by Gasteiger charge is -2.09. The van der Waals surface area contributed by atoms with Crippen molar-refractivity contribution in [3.63, 3.8) is 0 Å². The van der Waals surface area contributed by atoms with E-state index in [2.05, 4.69) is 9.71 Å². The number of sulfonamides is 1. The molecule has 0 aliphatic carbocycles. The van der Waals surface area contributed by atoms with Crippen LogP contribution < -0.4 is 9.46 Å². The van der Waals surface area contributed by atoms with Gasteiger partial charge in [0.15, 0.2) is 0 Å². The number of thiazole rings is 1. The molecule has 0 fully saturated rings. The number of ether oxygens (including phenoxy) is 1.